The van der Waals surface area contributed by atoms with E-state index in [0.717, 1.165) is 18.7 Å². The van der Waals surface area contributed by atoms with Crippen LogP contribution in [0.25, 0.3) is 10.9 Å². The Labute approximate surface area is 186 Å². The molecule has 0 saturated carbocycles. The third-order valence-electron chi connectivity index (χ3n) is 5.23. The van der Waals surface area contributed by atoms with Crippen LogP contribution in [0.3, 0.4) is 0 Å². The molecule has 6 nitrogen and oxygen atoms in total. The summed E-state index contributed by atoms with van der Waals surface area (Å²) < 4.78 is 23.8. The van der Waals surface area contributed by atoms with Gasteiger partial charge in [0.15, 0.2) is 0 Å². The first-order valence-electron chi connectivity index (χ1n) is 10.3. The number of hydrogen-bond donors (Lipinski definition) is 0. The monoisotopic (exact) mass is 451 g/mol. The molecular weight excluding hydrogens is 422 g/mol. The summed E-state index contributed by atoms with van der Waals surface area (Å²) in [5, 5.41) is 0.889. The fourth-order valence-corrected chi connectivity index (χ4v) is 4.45. The van der Waals surface area contributed by atoms with Crippen LogP contribution in [-0.2, 0) is 16.1 Å². The van der Waals surface area contributed by atoms with Gasteiger partial charge in [-0.1, -0.05) is 16.0 Å². The lowest BCUT2D eigenvalue weighted by Gasteiger charge is -2.26. The van der Waals surface area contributed by atoms with Crippen LogP contribution in [0.5, 0.6) is 0 Å². The van der Waals surface area contributed by atoms with Crippen molar-refractivity contribution >= 4 is 39.6 Å². The third-order valence-corrected chi connectivity index (χ3v) is 6.94. The van der Waals surface area contributed by atoms with Crippen molar-refractivity contribution in [2.75, 3.05) is 13.2 Å². The summed E-state index contributed by atoms with van der Waals surface area (Å²) in [6.45, 7) is 12.7. The Balaban J connectivity index is 2.28. The Bertz CT molecular complexity index is 1020. The lowest BCUT2D eigenvalue weighted by molar-refractivity contribution is 0.0823. The van der Waals surface area contributed by atoms with Crippen molar-refractivity contribution in [2.24, 2.45) is 4.40 Å². The van der Waals surface area contributed by atoms with Gasteiger partial charge >= 0.3 is 0 Å². The second-order valence-corrected chi connectivity index (χ2v) is 11.4. The van der Waals surface area contributed by atoms with Crippen LogP contribution in [0.2, 0.25) is 5.02 Å². The van der Waals surface area contributed by atoms with E-state index in [-0.39, 0.29) is 17.5 Å². The highest BCUT2D eigenvalue weighted by atomic mass is 35.5. The zero-order chi connectivity index (χ0) is 22.2. The molecule has 1 aliphatic heterocycles. The molecule has 3 rings (SSSR count). The van der Waals surface area contributed by atoms with Gasteiger partial charge in [0.25, 0.3) is 5.56 Å². The summed E-state index contributed by atoms with van der Waals surface area (Å²) in [6.07, 6.45) is 1.66. The molecule has 30 heavy (non-hydrogen) atoms. The highest BCUT2D eigenvalue weighted by Gasteiger charge is 2.28. The quantitative estimate of drug-likeness (QED) is 0.494. The Kier molecular flexibility index (Phi) is 6.97. The molecule has 0 bridgehead atoms. The van der Waals surface area contributed by atoms with Gasteiger partial charge in [-0.25, -0.2) is 4.98 Å². The molecular formula is C22H30ClN3O3S. The van der Waals surface area contributed by atoms with E-state index in [9.17, 15) is 9.35 Å². The van der Waals surface area contributed by atoms with Gasteiger partial charge in [0, 0.05) is 35.8 Å². The summed E-state index contributed by atoms with van der Waals surface area (Å²) in [4.78, 5) is 18.5. The van der Waals surface area contributed by atoms with Crippen LogP contribution in [-0.4, -0.2) is 37.8 Å². The molecule has 164 valence electrons. The number of halogens is 1. The van der Waals surface area contributed by atoms with Gasteiger partial charge in [-0.15, -0.1) is 0 Å². The molecule has 0 amide bonds. The smallest absolute Gasteiger partial charge is 0.261 e. The van der Waals surface area contributed by atoms with Crippen molar-refractivity contribution in [3.63, 3.8) is 0 Å². The molecule has 0 N–H and O–H groups in total. The largest absolute Gasteiger partial charge is 0.591 e. The minimum atomic E-state index is -1.43. The van der Waals surface area contributed by atoms with E-state index in [1.165, 1.54) is 0 Å². The minimum Gasteiger partial charge on any atom is -0.591 e. The van der Waals surface area contributed by atoms with E-state index >= 15 is 0 Å². The highest BCUT2D eigenvalue weighted by Crippen LogP contribution is 2.30. The zero-order valence-corrected chi connectivity index (χ0v) is 20.1. The van der Waals surface area contributed by atoms with Crippen LogP contribution in [0.1, 0.15) is 77.7 Å². The predicted molar refractivity (Wildman–Crippen MR) is 124 cm³/mol. The lowest BCUT2D eigenvalue weighted by Crippen LogP contribution is -2.31. The number of nitrogens with zero attached hydrogens (tertiary/aromatic N) is 3. The molecule has 8 heteroatoms. The summed E-state index contributed by atoms with van der Waals surface area (Å²) >= 11 is 4.94. The van der Waals surface area contributed by atoms with Gasteiger partial charge in [0.05, 0.1) is 16.6 Å². The number of fused-ring (bicyclic) bond motifs is 1. The summed E-state index contributed by atoms with van der Waals surface area (Å²) in [5.41, 5.74) is 1.67. The Hall–Kier alpha value is -1.41. The number of ether oxygens (including phenoxy) is 1. The molecule has 2 heterocycles. The standard InChI is InChI=1S/C22H30ClN3O3S/c1-13(2)26-20(15-7-9-29-10-8-15)24-19-17(11-16(23)12-18(19)21(26)27)14(3)25-30(28)22(4,5)6/h11-13,15H,7-10H2,1-6H3. The Morgan fingerprint density at radius 1 is 1.33 bits per heavy atom. The Morgan fingerprint density at radius 2 is 1.97 bits per heavy atom. The van der Waals surface area contributed by atoms with Crippen molar-refractivity contribution in [1.82, 2.24) is 9.55 Å². The fraction of sp³-hybridized carbons (Fsp3) is 0.591. The molecule has 2 aromatic rings. The summed E-state index contributed by atoms with van der Waals surface area (Å²) in [6, 6.07) is 3.39. The van der Waals surface area contributed by atoms with Gasteiger partial charge in [0.2, 0.25) is 0 Å². The first-order valence-corrected chi connectivity index (χ1v) is 11.8. The summed E-state index contributed by atoms with van der Waals surface area (Å²) in [5.74, 6) is 0.932. The van der Waals surface area contributed by atoms with Crippen molar-refractivity contribution in [1.29, 1.82) is 0 Å². The van der Waals surface area contributed by atoms with E-state index < -0.39 is 16.1 Å². The topological polar surface area (TPSA) is 79.5 Å². The van der Waals surface area contributed by atoms with Gasteiger partial charge in [-0.3, -0.25) is 9.36 Å². The minimum absolute atomic E-state index is 0.0298. The van der Waals surface area contributed by atoms with Crippen molar-refractivity contribution in [2.45, 2.75) is 71.1 Å². The van der Waals surface area contributed by atoms with E-state index in [2.05, 4.69) is 4.40 Å². The maximum Gasteiger partial charge on any atom is 0.261 e. The SMILES string of the molecule is CC(=N[S+]([O-])C(C)(C)C)c1cc(Cl)cc2c(=O)n(C(C)C)c(C3CCOCC3)nc12. The number of benzene rings is 1. The average molecular weight is 452 g/mol. The third kappa shape index (κ3) is 4.74. The molecule has 1 aromatic carbocycles. The molecule has 1 fully saturated rings. The predicted octanol–water partition coefficient (Wildman–Crippen LogP) is 4.80. The molecule has 1 atom stereocenters. The number of hydrogen-bond acceptors (Lipinski definition) is 5. The maximum atomic E-state index is 13.5. The van der Waals surface area contributed by atoms with Crippen molar-refractivity contribution in [3.8, 4) is 0 Å². The lowest BCUT2D eigenvalue weighted by atomic mass is 9.97. The molecule has 0 spiro atoms. The maximum absolute atomic E-state index is 13.5. The Morgan fingerprint density at radius 3 is 2.53 bits per heavy atom. The van der Waals surface area contributed by atoms with Gasteiger partial charge in [-0.05, 0) is 66.5 Å². The van der Waals surface area contributed by atoms with Crippen LogP contribution in [0.15, 0.2) is 21.3 Å². The van der Waals surface area contributed by atoms with Crippen LogP contribution >= 0.6 is 11.6 Å². The molecule has 1 aromatic heterocycles. The zero-order valence-electron chi connectivity index (χ0n) is 18.5. The molecule has 1 unspecified atom stereocenters. The second-order valence-electron chi connectivity index (χ2n) is 9.01. The number of rotatable bonds is 4. The number of aromatic nitrogens is 2. The molecule has 0 radical (unpaired) electrons. The molecule has 1 saturated heterocycles. The normalized spacial score (nSPS) is 17.7. The van der Waals surface area contributed by atoms with Gasteiger partial charge < -0.3 is 9.29 Å². The van der Waals surface area contributed by atoms with E-state index in [0.29, 0.717) is 40.4 Å². The van der Waals surface area contributed by atoms with Crippen LogP contribution in [0.4, 0.5) is 0 Å². The highest BCUT2D eigenvalue weighted by molar-refractivity contribution is 7.91. The average Bonchev–Trinajstić information content (AvgIpc) is 2.67. The van der Waals surface area contributed by atoms with Crippen molar-refractivity contribution in [3.05, 3.63) is 38.9 Å². The molecule has 0 aliphatic carbocycles. The first-order chi connectivity index (χ1) is 14.0. The van der Waals surface area contributed by atoms with Crippen molar-refractivity contribution < 1.29 is 9.29 Å². The van der Waals surface area contributed by atoms with Crippen LogP contribution < -0.4 is 5.56 Å². The van der Waals surface area contributed by atoms with E-state index in [1.807, 2.05) is 34.6 Å². The first kappa shape index (κ1) is 23.3. The van der Waals surface area contributed by atoms with Crippen LogP contribution in [0, 0.1) is 0 Å². The van der Waals surface area contributed by atoms with E-state index in [1.54, 1.807) is 23.6 Å². The molecule has 1 aliphatic rings. The second kappa shape index (κ2) is 8.99. The van der Waals surface area contributed by atoms with Gasteiger partial charge in [0.1, 0.15) is 21.9 Å². The fourth-order valence-electron chi connectivity index (χ4n) is 3.61. The van der Waals surface area contributed by atoms with E-state index in [4.69, 9.17) is 21.3 Å². The van der Waals surface area contributed by atoms with Gasteiger partial charge in [-0.2, -0.15) is 0 Å². The summed E-state index contributed by atoms with van der Waals surface area (Å²) in [7, 11) is 0.